The Morgan fingerprint density at radius 2 is 2.03 bits per heavy atom. The summed E-state index contributed by atoms with van der Waals surface area (Å²) in [5.74, 6) is 0.496. The molecule has 1 aliphatic rings. The number of amides is 1. The van der Waals surface area contributed by atoms with Gasteiger partial charge in [-0.05, 0) is 43.9 Å². The third-order valence-electron chi connectivity index (χ3n) is 5.99. The van der Waals surface area contributed by atoms with Gasteiger partial charge in [-0.3, -0.25) is 4.79 Å². The molecule has 1 amide bonds. The highest BCUT2D eigenvalue weighted by atomic mass is 32.1. The van der Waals surface area contributed by atoms with Crippen molar-refractivity contribution < 1.29 is 22.7 Å². The van der Waals surface area contributed by atoms with E-state index in [-0.39, 0.29) is 17.5 Å². The summed E-state index contributed by atoms with van der Waals surface area (Å²) in [5, 5.41) is 5.94. The molecule has 2 unspecified atom stereocenters. The number of likely N-dealkylation sites (tertiary alicyclic amines) is 1. The van der Waals surface area contributed by atoms with Crippen molar-refractivity contribution in [1.82, 2.24) is 24.2 Å². The second-order valence-electron chi connectivity index (χ2n) is 8.94. The van der Waals surface area contributed by atoms with Gasteiger partial charge in [0.15, 0.2) is 5.69 Å². The molecule has 9 nitrogen and oxygen atoms in total. The molecular weight excluding hydrogens is 507 g/mol. The molecule has 0 aromatic carbocycles. The average Bonchev–Trinajstić information content (AvgIpc) is 3.22. The van der Waals surface area contributed by atoms with E-state index in [0.717, 1.165) is 50.2 Å². The number of carbonyl (C=O) groups is 1. The van der Waals surface area contributed by atoms with E-state index >= 15 is 0 Å². The number of carbonyl (C=O) groups excluding carboxylic acids is 1. The van der Waals surface area contributed by atoms with Gasteiger partial charge < -0.3 is 20.3 Å². The summed E-state index contributed by atoms with van der Waals surface area (Å²) in [5.41, 5.74) is 0.0720. The number of alkyl halides is 3. The standard InChI is InChI=1S/C24H28F3N7O2S/c1-4-8-34-9-7-17(14(2)13-34)36-20-6-5-16(10-30-20)31-22(35)21-15(3)33-37-23(21)32-19-12-28-18(11-29-19)24(25,26)27/h5-6,10-12,14,17H,4,7-9,13H2,1-3H3,(H,29,32)(H,31,35). The van der Waals surface area contributed by atoms with Crippen molar-refractivity contribution in [3.8, 4) is 5.88 Å². The molecule has 13 heteroatoms. The fraction of sp³-hybridized carbons (Fsp3) is 0.458. The molecule has 198 valence electrons. The number of halogens is 3. The number of nitrogens with one attached hydrogen (secondary N) is 2. The van der Waals surface area contributed by atoms with Crippen molar-refractivity contribution in [2.75, 3.05) is 30.3 Å². The Morgan fingerprint density at radius 1 is 1.22 bits per heavy atom. The lowest BCUT2D eigenvalue weighted by Gasteiger charge is -2.36. The predicted octanol–water partition coefficient (Wildman–Crippen LogP) is 5.15. The molecule has 0 spiro atoms. The Morgan fingerprint density at radius 3 is 2.65 bits per heavy atom. The zero-order valence-electron chi connectivity index (χ0n) is 20.7. The molecule has 3 aromatic rings. The predicted molar refractivity (Wildman–Crippen MR) is 134 cm³/mol. The van der Waals surface area contributed by atoms with Crippen LogP contribution in [0.25, 0.3) is 0 Å². The van der Waals surface area contributed by atoms with Crippen LogP contribution in [0.4, 0.5) is 29.7 Å². The third kappa shape index (κ3) is 6.72. The van der Waals surface area contributed by atoms with Gasteiger partial charge in [0.25, 0.3) is 5.91 Å². The molecule has 2 N–H and O–H groups in total. The van der Waals surface area contributed by atoms with Gasteiger partial charge in [0, 0.05) is 25.1 Å². The van der Waals surface area contributed by atoms with Crippen molar-refractivity contribution in [2.45, 2.75) is 45.9 Å². The van der Waals surface area contributed by atoms with E-state index in [1.165, 1.54) is 6.20 Å². The van der Waals surface area contributed by atoms with E-state index in [1.807, 2.05) is 0 Å². The number of ether oxygens (including phenoxy) is 1. The lowest BCUT2D eigenvalue weighted by atomic mass is 9.96. The van der Waals surface area contributed by atoms with E-state index in [1.54, 1.807) is 19.1 Å². The molecule has 0 bridgehead atoms. The number of rotatable bonds is 8. The van der Waals surface area contributed by atoms with Crippen LogP contribution in [0.5, 0.6) is 5.88 Å². The van der Waals surface area contributed by atoms with E-state index in [9.17, 15) is 18.0 Å². The third-order valence-corrected chi connectivity index (χ3v) is 6.84. The molecule has 0 saturated carbocycles. The van der Waals surface area contributed by atoms with Crippen LogP contribution < -0.4 is 15.4 Å². The fourth-order valence-corrected chi connectivity index (χ4v) is 4.96. The number of anilines is 3. The molecule has 37 heavy (non-hydrogen) atoms. The Bertz CT molecular complexity index is 1200. The number of piperidine rings is 1. The van der Waals surface area contributed by atoms with Gasteiger partial charge in [0.05, 0.1) is 35.5 Å². The number of nitrogens with zero attached hydrogens (tertiary/aromatic N) is 5. The first-order valence-corrected chi connectivity index (χ1v) is 12.7. The Labute approximate surface area is 216 Å². The Hall–Kier alpha value is -3.32. The summed E-state index contributed by atoms with van der Waals surface area (Å²) in [6.45, 7) is 9.11. The van der Waals surface area contributed by atoms with Gasteiger partial charge >= 0.3 is 6.18 Å². The summed E-state index contributed by atoms with van der Waals surface area (Å²) in [4.78, 5) is 26.9. The zero-order valence-corrected chi connectivity index (χ0v) is 21.5. The SMILES string of the molecule is CCCN1CCC(Oc2ccc(NC(=O)c3c(C)nsc3Nc3cnc(C(F)(F)F)cn3)cn2)C(C)C1. The van der Waals surface area contributed by atoms with E-state index in [0.29, 0.717) is 34.4 Å². The molecule has 0 radical (unpaired) electrons. The van der Waals surface area contributed by atoms with Crippen molar-refractivity contribution in [2.24, 2.45) is 5.92 Å². The first-order chi connectivity index (χ1) is 17.6. The molecule has 4 heterocycles. The molecule has 1 aliphatic heterocycles. The van der Waals surface area contributed by atoms with E-state index < -0.39 is 17.8 Å². The topological polar surface area (TPSA) is 105 Å². The maximum atomic E-state index is 13.0. The lowest BCUT2D eigenvalue weighted by molar-refractivity contribution is -0.141. The largest absolute Gasteiger partial charge is 0.474 e. The first kappa shape index (κ1) is 26.7. The van der Waals surface area contributed by atoms with Crippen molar-refractivity contribution in [3.63, 3.8) is 0 Å². The number of hydrogen-bond donors (Lipinski definition) is 2. The van der Waals surface area contributed by atoms with Crippen LogP contribution in [0, 0.1) is 12.8 Å². The minimum absolute atomic E-state index is 0.0589. The van der Waals surface area contributed by atoms with Gasteiger partial charge in [0.1, 0.15) is 16.9 Å². The number of hydrogen-bond acceptors (Lipinski definition) is 9. The maximum Gasteiger partial charge on any atom is 0.434 e. The van der Waals surface area contributed by atoms with Crippen LogP contribution in [-0.4, -0.2) is 55.9 Å². The minimum Gasteiger partial charge on any atom is -0.474 e. The van der Waals surface area contributed by atoms with Crippen molar-refractivity contribution >= 4 is 33.9 Å². The summed E-state index contributed by atoms with van der Waals surface area (Å²) in [6.07, 6.45) is 0.670. The Kier molecular flexibility index (Phi) is 8.22. The van der Waals surface area contributed by atoms with E-state index in [2.05, 4.69) is 48.7 Å². The summed E-state index contributed by atoms with van der Waals surface area (Å²) in [7, 11) is 0. The Balaban J connectivity index is 1.37. The van der Waals surface area contributed by atoms with Crippen LogP contribution >= 0.6 is 11.5 Å². The molecular formula is C24H28F3N7O2S. The van der Waals surface area contributed by atoms with Gasteiger partial charge in [-0.25, -0.2) is 15.0 Å². The summed E-state index contributed by atoms with van der Waals surface area (Å²) < 4.78 is 48.5. The van der Waals surface area contributed by atoms with Crippen molar-refractivity contribution in [1.29, 1.82) is 0 Å². The zero-order chi connectivity index (χ0) is 26.6. The molecule has 0 aliphatic carbocycles. The number of pyridine rings is 1. The van der Waals surface area contributed by atoms with Crippen LogP contribution in [0.2, 0.25) is 0 Å². The fourth-order valence-electron chi connectivity index (χ4n) is 4.16. The van der Waals surface area contributed by atoms with Crippen LogP contribution in [0.1, 0.15) is 48.4 Å². The quantitative estimate of drug-likeness (QED) is 0.408. The summed E-state index contributed by atoms with van der Waals surface area (Å²) in [6, 6.07) is 3.43. The molecule has 1 fully saturated rings. The van der Waals surface area contributed by atoms with Gasteiger partial charge in [0.2, 0.25) is 5.88 Å². The smallest absolute Gasteiger partial charge is 0.434 e. The molecule has 2 atom stereocenters. The number of aryl methyl sites for hydroxylation is 1. The second kappa shape index (κ2) is 11.4. The molecule has 1 saturated heterocycles. The molecule has 4 rings (SSSR count). The van der Waals surface area contributed by atoms with Crippen LogP contribution in [0.15, 0.2) is 30.7 Å². The van der Waals surface area contributed by atoms with Gasteiger partial charge in [-0.2, -0.15) is 17.5 Å². The normalized spacial score (nSPS) is 18.4. The summed E-state index contributed by atoms with van der Waals surface area (Å²) >= 11 is 0.994. The highest BCUT2D eigenvalue weighted by Crippen LogP contribution is 2.30. The minimum atomic E-state index is -4.59. The van der Waals surface area contributed by atoms with E-state index in [4.69, 9.17) is 4.74 Å². The number of aromatic nitrogens is 4. The highest BCUT2D eigenvalue weighted by Gasteiger charge is 2.33. The molecule has 3 aromatic heterocycles. The first-order valence-electron chi connectivity index (χ1n) is 11.9. The lowest BCUT2D eigenvalue weighted by Crippen LogP contribution is -2.44. The van der Waals surface area contributed by atoms with Gasteiger partial charge in [-0.1, -0.05) is 13.8 Å². The highest BCUT2D eigenvalue weighted by molar-refractivity contribution is 7.10. The van der Waals surface area contributed by atoms with Crippen molar-refractivity contribution in [3.05, 3.63) is 47.7 Å². The monoisotopic (exact) mass is 535 g/mol. The van der Waals surface area contributed by atoms with Crippen LogP contribution in [0.3, 0.4) is 0 Å². The van der Waals surface area contributed by atoms with Gasteiger partial charge in [-0.15, -0.1) is 0 Å². The van der Waals surface area contributed by atoms with Crippen LogP contribution in [-0.2, 0) is 6.18 Å². The maximum absolute atomic E-state index is 13.0. The second-order valence-corrected chi connectivity index (χ2v) is 9.72. The average molecular weight is 536 g/mol.